The Morgan fingerprint density at radius 1 is 1.44 bits per heavy atom. The molecule has 0 saturated carbocycles. The van der Waals surface area contributed by atoms with Crippen LogP contribution in [0, 0.1) is 0 Å². The average Bonchev–Trinajstić information content (AvgIpc) is 2.14. The van der Waals surface area contributed by atoms with Gasteiger partial charge in [0.05, 0.1) is 12.1 Å². The summed E-state index contributed by atoms with van der Waals surface area (Å²) in [4.78, 5) is 13.7. The second-order valence-corrected chi connectivity index (χ2v) is 5.68. The molecule has 1 N–H and O–H groups in total. The molecule has 0 radical (unpaired) electrons. The summed E-state index contributed by atoms with van der Waals surface area (Å²) in [6.07, 6.45) is 0. The molecule has 0 spiro atoms. The van der Waals surface area contributed by atoms with Crippen LogP contribution in [0.1, 0.15) is 13.8 Å². The Bertz CT molecular complexity index is 417. The summed E-state index contributed by atoms with van der Waals surface area (Å²) in [5.74, 6) is 0.0798. The summed E-state index contributed by atoms with van der Waals surface area (Å²) in [5.41, 5.74) is 0.912. The largest absolute Gasteiger partial charge is 0.360 e. The van der Waals surface area contributed by atoms with E-state index in [1.54, 1.807) is 0 Å². The van der Waals surface area contributed by atoms with Gasteiger partial charge in [0.25, 0.3) is 0 Å². The maximum Gasteiger partial charge on any atom is 0.239 e. The zero-order valence-electron chi connectivity index (χ0n) is 9.46. The maximum absolute atomic E-state index is 11.6. The van der Waals surface area contributed by atoms with Gasteiger partial charge >= 0.3 is 0 Å². The van der Waals surface area contributed by atoms with E-state index >= 15 is 0 Å². The van der Waals surface area contributed by atoms with Crippen LogP contribution in [0.5, 0.6) is 0 Å². The molecule has 16 heavy (non-hydrogen) atoms. The van der Waals surface area contributed by atoms with Crippen LogP contribution in [0.2, 0.25) is 0 Å². The lowest BCUT2D eigenvalue weighted by molar-refractivity contribution is -0.122. The highest BCUT2D eigenvalue weighted by atomic mass is 79.9. The zero-order valence-corrected chi connectivity index (χ0v) is 11.0. The van der Waals surface area contributed by atoms with Gasteiger partial charge in [-0.3, -0.25) is 4.79 Å². The number of anilines is 1. The first-order chi connectivity index (χ1) is 7.46. The molecular formula is C12H15BrN2O. The van der Waals surface area contributed by atoms with Crippen molar-refractivity contribution >= 4 is 27.5 Å². The molecule has 4 heteroatoms. The van der Waals surface area contributed by atoms with E-state index in [1.165, 1.54) is 0 Å². The molecule has 0 unspecified atom stereocenters. The first-order valence-corrected chi connectivity index (χ1v) is 6.07. The van der Waals surface area contributed by atoms with Gasteiger partial charge in [0, 0.05) is 16.7 Å². The van der Waals surface area contributed by atoms with Crippen molar-refractivity contribution < 1.29 is 4.79 Å². The van der Waals surface area contributed by atoms with Crippen molar-refractivity contribution in [2.45, 2.75) is 19.4 Å². The molecule has 2 rings (SSSR count). The minimum atomic E-state index is -0.169. The Hall–Kier alpha value is -1.03. The molecule has 0 bridgehead atoms. The lowest BCUT2D eigenvalue weighted by atomic mass is 10.0. The third-order valence-corrected chi connectivity index (χ3v) is 3.07. The Morgan fingerprint density at radius 2 is 2.19 bits per heavy atom. The summed E-state index contributed by atoms with van der Waals surface area (Å²) in [5, 5.41) is 2.98. The number of halogens is 1. The standard InChI is InChI=1S/C12H15BrN2O/c1-12(2)8-15(7-11(16)14-12)10-5-3-4-9(13)6-10/h3-6H,7-8H2,1-2H3,(H,14,16). The maximum atomic E-state index is 11.6. The summed E-state index contributed by atoms with van der Waals surface area (Å²) in [6, 6.07) is 8.03. The smallest absolute Gasteiger partial charge is 0.239 e. The molecule has 86 valence electrons. The van der Waals surface area contributed by atoms with Crippen molar-refractivity contribution in [3.05, 3.63) is 28.7 Å². The molecule has 1 heterocycles. The van der Waals surface area contributed by atoms with Gasteiger partial charge in [-0.1, -0.05) is 22.0 Å². The number of benzene rings is 1. The van der Waals surface area contributed by atoms with Crippen LogP contribution in [-0.4, -0.2) is 24.5 Å². The van der Waals surface area contributed by atoms with Gasteiger partial charge in [0.2, 0.25) is 5.91 Å². The Balaban J connectivity index is 2.24. The first-order valence-electron chi connectivity index (χ1n) is 5.28. The number of hydrogen-bond donors (Lipinski definition) is 1. The number of hydrogen-bond acceptors (Lipinski definition) is 2. The molecule has 0 atom stereocenters. The SMILES string of the molecule is CC1(C)CN(c2cccc(Br)c2)CC(=O)N1. The molecule has 0 aromatic heterocycles. The van der Waals surface area contributed by atoms with Crippen LogP contribution in [-0.2, 0) is 4.79 Å². The Kier molecular flexibility index (Phi) is 2.93. The lowest BCUT2D eigenvalue weighted by Crippen LogP contribution is -2.60. The van der Waals surface area contributed by atoms with Crippen LogP contribution in [0.4, 0.5) is 5.69 Å². The lowest BCUT2D eigenvalue weighted by Gasteiger charge is -2.39. The highest BCUT2D eigenvalue weighted by Crippen LogP contribution is 2.23. The van der Waals surface area contributed by atoms with Crippen LogP contribution in [0.25, 0.3) is 0 Å². The van der Waals surface area contributed by atoms with E-state index in [4.69, 9.17) is 0 Å². The van der Waals surface area contributed by atoms with Crippen molar-refractivity contribution in [3.8, 4) is 0 Å². The number of carbonyl (C=O) groups is 1. The second kappa shape index (κ2) is 4.09. The average molecular weight is 283 g/mol. The molecule has 1 aromatic carbocycles. The summed E-state index contributed by atoms with van der Waals surface area (Å²) >= 11 is 3.45. The van der Waals surface area contributed by atoms with Gasteiger partial charge in [0.1, 0.15) is 0 Å². The summed E-state index contributed by atoms with van der Waals surface area (Å²) < 4.78 is 1.04. The van der Waals surface area contributed by atoms with Crippen molar-refractivity contribution in [1.29, 1.82) is 0 Å². The summed E-state index contributed by atoms with van der Waals surface area (Å²) in [7, 11) is 0. The minimum absolute atomic E-state index is 0.0798. The van der Waals surface area contributed by atoms with Crippen LogP contribution >= 0.6 is 15.9 Å². The fourth-order valence-electron chi connectivity index (χ4n) is 2.02. The monoisotopic (exact) mass is 282 g/mol. The van der Waals surface area contributed by atoms with Crippen LogP contribution in [0.15, 0.2) is 28.7 Å². The van der Waals surface area contributed by atoms with Gasteiger partial charge in [-0.15, -0.1) is 0 Å². The molecule has 1 saturated heterocycles. The number of nitrogens with one attached hydrogen (secondary N) is 1. The molecule has 1 aliphatic heterocycles. The van der Waals surface area contributed by atoms with Crippen LogP contribution in [0.3, 0.4) is 0 Å². The summed E-state index contributed by atoms with van der Waals surface area (Å²) in [6.45, 7) is 5.33. The van der Waals surface area contributed by atoms with Crippen LogP contribution < -0.4 is 10.2 Å². The van der Waals surface area contributed by atoms with Crippen molar-refractivity contribution in [2.24, 2.45) is 0 Å². The van der Waals surface area contributed by atoms with E-state index in [-0.39, 0.29) is 11.4 Å². The fraction of sp³-hybridized carbons (Fsp3) is 0.417. The molecule has 1 aromatic rings. The molecule has 1 aliphatic rings. The van der Waals surface area contributed by atoms with Gasteiger partial charge < -0.3 is 10.2 Å². The second-order valence-electron chi connectivity index (χ2n) is 4.77. The number of amides is 1. The van der Waals surface area contributed by atoms with Crippen molar-refractivity contribution in [1.82, 2.24) is 5.32 Å². The predicted octanol–water partition coefficient (Wildman–Crippen LogP) is 2.16. The highest BCUT2D eigenvalue weighted by Gasteiger charge is 2.30. The highest BCUT2D eigenvalue weighted by molar-refractivity contribution is 9.10. The topological polar surface area (TPSA) is 32.3 Å². The Morgan fingerprint density at radius 3 is 2.81 bits per heavy atom. The van der Waals surface area contributed by atoms with E-state index in [0.29, 0.717) is 6.54 Å². The molecule has 1 amide bonds. The first kappa shape index (κ1) is 11.5. The molecule has 3 nitrogen and oxygen atoms in total. The van der Waals surface area contributed by atoms with Gasteiger partial charge in [0.15, 0.2) is 0 Å². The third kappa shape index (κ3) is 2.55. The predicted molar refractivity (Wildman–Crippen MR) is 68.6 cm³/mol. The zero-order chi connectivity index (χ0) is 11.8. The van der Waals surface area contributed by atoms with E-state index in [9.17, 15) is 4.79 Å². The molecule has 1 fully saturated rings. The number of carbonyl (C=O) groups excluding carboxylic acids is 1. The van der Waals surface area contributed by atoms with Gasteiger partial charge in [-0.05, 0) is 32.0 Å². The van der Waals surface area contributed by atoms with Crippen molar-refractivity contribution in [2.75, 3.05) is 18.0 Å². The van der Waals surface area contributed by atoms with Gasteiger partial charge in [-0.25, -0.2) is 0 Å². The Labute approximate surface area is 104 Å². The normalized spacial score (nSPS) is 19.4. The molecule has 0 aliphatic carbocycles. The molecular weight excluding hydrogens is 268 g/mol. The van der Waals surface area contributed by atoms with E-state index in [0.717, 1.165) is 16.7 Å². The number of rotatable bonds is 1. The minimum Gasteiger partial charge on any atom is -0.360 e. The number of nitrogens with zero attached hydrogens (tertiary/aromatic N) is 1. The fourth-order valence-corrected chi connectivity index (χ4v) is 2.41. The third-order valence-electron chi connectivity index (χ3n) is 2.57. The quantitative estimate of drug-likeness (QED) is 0.856. The van der Waals surface area contributed by atoms with E-state index in [1.807, 2.05) is 38.1 Å². The van der Waals surface area contributed by atoms with Crippen molar-refractivity contribution in [3.63, 3.8) is 0 Å². The van der Waals surface area contributed by atoms with E-state index in [2.05, 4.69) is 26.1 Å². The van der Waals surface area contributed by atoms with E-state index < -0.39 is 0 Å². The number of piperazine rings is 1. The van der Waals surface area contributed by atoms with Gasteiger partial charge in [-0.2, -0.15) is 0 Å².